The Morgan fingerprint density at radius 1 is 1.17 bits per heavy atom. The van der Waals surface area contributed by atoms with Crippen molar-refractivity contribution in [1.82, 2.24) is 24.6 Å². The summed E-state index contributed by atoms with van der Waals surface area (Å²) in [4.78, 5) is 12.7. The van der Waals surface area contributed by atoms with Crippen molar-refractivity contribution in [2.24, 2.45) is 7.05 Å². The molecule has 0 aliphatic carbocycles. The van der Waals surface area contributed by atoms with Crippen LogP contribution in [0.25, 0.3) is 0 Å². The largest absolute Gasteiger partial charge is 0.383 e. The van der Waals surface area contributed by atoms with E-state index >= 15 is 0 Å². The average molecular weight is 351 g/mol. The number of hydrogen-bond acceptors (Lipinski definition) is 7. The van der Waals surface area contributed by atoms with E-state index in [1.54, 1.807) is 10.7 Å². The SMILES string of the molecule is CCc1nn(C)c(Cl)c1CN1CCN(c2cc(N)nc(N)n2)CC1. The molecule has 4 N–H and O–H groups in total. The Balaban J connectivity index is 1.65. The monoisotopic (exact) mass is 350 g/mol. The highest BCUT2D eigenvalue weighted by atomic mass is 35.5. The van der Waals surface area contributed by atoms with Gasteiger partial charge < -0.3 is 16.4 Å². The minimum Gasteiger partial charge on any atom is -0.383 e. The van der Waals surface area contributed by atoms with Gasteiger partial charge in [0.05, 0.1) is 5.69 Å². The van der Waals surface area contributed by atoms with Crippen LogP contribution in [0.4, 0.5) is 17.6 Å². The maximum atomic E-state index is 6.39. The molecule has 130 valence electrons. The standard InChI is InChI=1S/C15H23ClN8/c1-3-11-10(14(16)22(2)21-11)9-23-4-6-24(7-5-23)13-8-12(17)19-15(18)20-13/h8H,3-7,9H2,1-2H3,(H4,17,18,19,20). The molecule has 1 aliphatic rings. The van der Waals surface area contributed by atoms with Crippen molar-refractivity contribution in [1.29, 1.82) is 0 Å². The minimum atomic E-state index is 0.210. The van der Waals surface area contributed by atoms with E-state index in [1.165, 1.54) is 0 Å². The molecule has 3 heterocycles. The summed E-state index contributed by atoms with van der Waals surface area (Å²) in [5.74, 6) is 1.39. The maximum absolute atomic E-state index is 6.39. The van der Waals surface area contributed by atoms with Gasteiger partial charge in [0, 0.05) is 51.4 Å². The number of aromatic nitrogens is 4. The first kappa shape index (κ1) is 16.8. The summed E-state index contributed by atoms with van der Waals surface area (Å²) >= 11 is 6.39. The number of piperazine rings is 1. The van der Waals surface area contributed by atoms with Gasteiger partial charge in [0.1, 0.15) is 16.8 Å². The van der Waals surface area contributed by atoms with Crippen LogP contribution in [0.1, 0.15) is 18.2 Å². The first-order chi connectivity index (χ1) is 11.5. The Kier molecular flexibility index (Phi) is 4.77. The summed E-state index contributed by atoms with van der Waals surface area (Å²) in [6.45, 7) is 6.46. The van der Waals surface area contributed by atoms with Crippen LogP contribution in [0.2, 0.25) is 5.15 Å². The Morgan fingerprint density at radius 2 is 1.88 bits per heavy atom. The second-order valence-electron chi connectivity index (χ2n) is 5.97. The molecule has 1 aliphatic heterocycles. The van der Waals surface area contributed by atoms with Crippen LogP contribution in [0.3, 0.4) is 0 Å². The van der Waals surface area contributed by atoms with Crippen LogP contribution < -0.4 is 16.4 Å². The molecule has 1 saturated heterocycles. The molecule has 24 heavy (non-hydrogen) atoms. The highest BCUT2D eigenvalue weighted by Gasteiger charge is 2.22. The summed E-state index contributed by atoms with van der Waals surface area (Å²) < 4.78 is 1.75. The molecule has 0 saturated carbocycles. The van der Waals surface area contributed by atoms with Crippen molar-refractivity contribution in [3.8, 4) is 0 Å². The summed E-state index contributed by atoms with van der Waals surface area (Å²) in [6, 6.07) is 1.76. The third kappa shape index (κ3) is 3.39. The van der Waals surface area contributed by atoms with Crippen molar-refractivity contribution in [2.45, 2.75) is 19.9 Å². The summed E-state index contributed by atoms with van der Waals surface area (Å²) in [5.41, 5.74) is 13.6. The first-order valence-electron chi connectivity index (χ1n) is 8.05. The highest BCUT2D eigenvalue weighted by molar-refractivity contribution is 6.30. The van der Waals surface area contributed by atoms with E-state index in [0.717, 1.165) is 61.4 Å². The van der Waals surface area contributed by atoms with Gasteiger partial charge in [-0.25, -0.2) is 0 Å². The normalized spacial score (nSPS) is 15.9. The second kappa shape index (κ2) is 6.82. The number of halogens is 1. The lowest BCUT2D eigenvalue weighted by molar-refractivity contribution is 0.248. The fourth-order valence-corrected chi connectivity index (χ4v) is 3.24. The highest BCUT2D eigenvalue weighted by Crippen LogP contribution is 2.23. The molecule has 2 aromatic rings. The van der Waals surface area contributed by atoms with Crippen molar-refractivity contribution < 1.29 is 0 Å². The Bertz CT molecular complexity index is 700. The van der Waals surface area contributed by atoms with Crippen molar-refractivity contribution in [2.75, 3.05) is 42.5 Å². The number of aryl methyl sites for hydroxylation is 2. The molecule has 8 nitrogen and oxygen atoms in total. The molecule has 0 amide bonds. The molecule has 0 spiro atoms. The average Bonchev–Trinajstić information content (AvgIpc) is 2.82. The third-order valence-corrected chi connectivity index (χ3v) is 4.79. The van der Waals surface area contributed by atoms with E-state index in [0.29, 0.717) is 5.82 Å². The lowest BCUT2D eigenvalue weighted by Crippen LogP contribution is -2.46. The van der Waals surface area contributed by atoms with Gasteiger partial charge in [0.2, 0.25) is 5.95 Å². The maximum Gasteiger partial charge on any atom is 0.223 e. The van der Waals surface area contributed by atoms with Crippen LogP contribution in [0.5, 0.6) is 0 Å². The van der Waals surface area contributed by atoms with Gasteiger partial charge in [0.15, 0.2) is 0 Å². The zero-order valence-corrected chi connectivity index (χ0v) is 14.8. The van der Waals surface area contributed by atoms with Gasteiger partial charge in [-0.15, -0.1) is 0 Å². The molecule has 0 unspecified atom stereocenters. The number of nitrogens with two attached hydrogens (primary N) is 2. The molecule has 3 rings (SSSR count). The van der Waals surface area contributed by atoms with Crippen LogP contribution in [-0.4, -0.2) is 50.8 Å². The van der Waals surface area contributed by atoms with Crippen molar-refractivity contribution in [3.05, 3.63) is 22.5 Å². The number of rotatable bonds is 4. The second-order valence-corrected chi connectivity index (χ2v) is 6.32. The van der Waals surface area contributed by atoms with Crippen LogP contribution in [-0.2, 0) is 20.0 Å². The van der Waals surface area contributed by atoms with Gasteiger partial charge >= 0.3 is 0 Å². The minimum absolute atomic E-state index is 0.210. The van der Waals surface area contributed by atoms with E-state index in [4.69, 9.17) is 23.1 Å². The van der Waals surface area contributed by atoms with Gasteiger partial charge in [-0.1, -0.05) is 18.5 Å². The molecule has 0 aromatic carbocycles. The first-order valence-corrected chi connectivity index (χ1v) is 8.43. The molecule has 1 fully saturated rings. The molecule has 0 atom stereocenters. The number of anilines is 3. The van der Waals surface area contributed by atoms with E-state index in [-0.39, 0.29) is 5.95 Å². The van der Waals surface area contributed by atoms with Gasteiger partial charge in [0.25, 0.3) is 0 Å². The third-order valence-electron chi connectivity index (χ3n) is 4.31. The van der Waals surface area contributed by atoms with E-state index in [9.17, 15) is 0 Å². The van der Waals surface area contributed by atoms with Crippen LogP contribution in [0, 0.1) is 0 Å². The molecule has 2 aromatic heterocycles. The van der Waals surface area contributed by atoms with Gasteiger partial charge in [-0.05, 0) is 6.42 Å². The summed E-state index contributed by atoms with van der Waals surface area (Å²) in [7, 11) is 1.88. The Morgan fingerprint density at radius 3 is 2.50 bits per heavy atom. The van der Waals surface area contributed by atoms with Gasteiger partial charge in [-0.3, -0.25) is 9.58 Å². The van der Waals surface area contributed by atoms with E-state index < -0.39 is 0 Å². The number of nitrogen functional groups attached to an aromatic ring is 2. The quantitative estimate of drug-likeness (QED) is 0.844. The molecule has 0 bridgehead atoms. The van der Waals surface area contributed by atoms with Crippen LogP contribution >= 0.6 is 11.6 Å². The van der Waals surface area contributed by atoms with Crippen LogP contribution in [0.15, 0.2) is 6.07 Å². The smallest absolute Gasteiger partial charge is 0.223 e. The number of hydrogen-bond donors (Lipinski definition) is 2. The lowest BCUT2D eigenvalue weighted by Gasteiger charge is -2.35. The molecular weight excluding hydrogens is 328 g/mol. The lowest BCUT2D eigenvalue weighted by atomic mass is 10.2. The summed E-state index contributed by atoms with van der Waals surface area (Å²) in [5, 5.41) is 5.21. The summed E-state index contributed by atoms with van der Waals surface area (Å²) in [6.07, 6.45) is 0.884. The van der Waals surface area contributed by atoms with Crippen molar-refractivity contribution in [3.63, 3.8) is 0 Å². The van der Waals surface area contributed by atoms with Crippen molar-refractivity contribution >= 4 is 29.2 Å². The fourth-order valence-electron chi connectivity index (χ4n) is 3.03. The number of nitrogens with zero attached hydrogens (tertiary/aromatic N) is 6. The van der Waals surface area contributed by atoms with E-state index in [2.05, 4.69) is 31.8 Å². The zero-order valence-electron chi connectivity index (χ0n) is 14.0. The van der Waals surface area contributed by atoms with Gasteiger partial charge in [-0.2, -0.15) is 15.1 Å². The van der Waals surface area contributed by atoms with E-state index in [1.807, 2.05) is 7.05 Å². The topological polar surface area (TPSA) is 102 Å². The Hall–Kier alpha value is -2.06. The molecule has 0 radical (unpaired) electrons. The molecule has 9 heteroatoms. The predicted molar refractivity (Wildman–Crippen MR) is 95.9 cm³/mol. The Labute approximate surface area is 146 Å². The fraction of sp³-hybridized carbons (Fsp3) is 0.533. The zero-order chi connectivity index (χ0) is 17.3. The molecular formula is C15H23ClN8. The predicted octanol–water partition coefficient (Wildman–Crippen LogP) is 0.913.